The topological polar surface area (TPSA) is 140 Å². The van der Waals surface area contributed by atoms with Crippen molar-refractivity contribution in [3.8, 4) is 0 Å². The third kappa shape index (κ3) is 47.2. The van der Waals surface area contributed by atoms with Crippen LogP contribution >= 0.6 is 0 Å². The van der Waals surface area contributed by atoms with Crippen LogP contribution in [0.4, 0.5) is 0 Å². The van der Waals surface area contributed by atoms with Crippen LogP contribution < -0.4 is 0 Å². The standard InChI is InChI=1S/C57H98O9/c1-4-7-31-40-51(58)43-34-25-19-13-10-16-22-28-37-46-55(61)64-49-54(66-57(63)48-39-30-24-18-12-15-21-27-36-45-53(60)42-33-9-6-3)50-65-56(62)47-38-29-23-17-11-14-20-26-35-44-52(59)41-32-8-5-2/h19-21,25-27,34-36,43-45,51-54,58-60H,4-18,22-24,28-33,37-42,46-50H2,1-3H3. The fourth-order valence-corrected chi connectivity index (χ4v) is 7.26. The van der Waals surface area contributed by atoms with Crippen LogP contribution in [0, 0.1) is 0 Å². The molecule has 0 aliphatic heterocycles. The Hall–Kier alpha value is -3.27. The van der Waals surface area contributed by atoms with E-state index in [1.54, 1.807) is 0 Å². The molecule has 0 aliphatic carbocycles. The largest absolute Gasteiger partial charge is 0.462 e. The van der Waals surface area contributed by atoms with Gasteiger partial charge in [0, 0.05) is 19.3 Å². The van der Waals surface area contributed by atoms with Crippen molar-refractivity contribution in [3.63, 3.8) is 0 Å². The van der Waals surface area contributed by atoms with Crippen LogP contribution in [0.15, 0.2) is 72.9 Å². The minimum absolute atomic E-state index is 0.140. The highest BCUT2D eigenvalue weighted by atomic mass is 16.6. The van der Waals surface area contributed by atoms with Gasteiger partial charge in [-0.15, -0.1) is 0 Å². The molecule has 0 rings (SSSR count). The summed E-state index contributed by atoms with van der Waals surface area (Å²) in [5.74, 6) is -1.07. The van der Waals surface area contributed by atoms with E-state index in [4.69, 9.17) is 14.2 Å². The number of aliphatic hydroxyl groups is 3. The predicted molar refractivity (Wildman–Crippen MR) is 274 cm³/mol. The molecule has 3 atom stereocenters. The summed E-state index contributed by atoms with van der Waals surface area (Å²) in [7, 11) is 0. The highest BCUT2D eigenvalue weighted by molar-refractivity contribution is 5.71. The molecule has 0 aromatic carbocycles. The van der Waals surface area contributed by atoms with Gasteiger partial charge in [-0.05, 0) is 77.0 Å². The number of unbranched alkanes of at least 4 members (excludes halogenated alkanes) is 21. The number of rotatable bonds is 47. The van der Waals surface area contributed by atoms with Gasteiger partial charge in [0.15, 0.2) is 6.10 Å². The number of carbonyl (C=O) groups excluding carboxylic acids is 3. The Bertz CT molecular complexity index is 1230. The van der Waals surface area contributed by atoms with E-state index in [1.807, 2.05) is 54.7 Å². The van der Waals surface area contributed by atoms with Gasteiger partial charge < -0.3 is 29.5 Å². The van der Waals surface area contributed by atoms with Crippen LogP contribution in [0.2, 0.25) is 0 Å². The molecule has 0 aromatic heterocycles. The minimum Gasteiger partial charge on any atom is -0.462 e. The Kier molecular flexibility index (Phi) is 47.2. The van der Waals surface area contributed by atoms with Crippen molar-refractivity contribution in [2.45, 2.75) is 257 Å². The smallest absolute Gasteiger partial charge is 0.306 e. The first-order valence-corrected chi connectivity index (χ1v) is 26.8. The number of esters is 3. The lowest BCUT2D eigenvalue weighted by atomic mass is 10.1. The maximum absolute atomic E-state index is 12.8. The van der Waals surface area contributed by atoms with Crippen LogP contribution in [0.5, 0.6) is 0 Å². The Morgan fingerprint density at radius 2 is 0.682 bits per heavy atom. The number of ether oxygens (including phenoxy) is 3. The van der Waals surface area contributed by atoms with E-state index >= 15 is 0 Å². The SMILES string of the molecule is CCCCCC(O)C=CC=CCCCCCCCC(=O)OCC(COC(=O)CCCCCCCC=CC=CC(O)CCCCC)OC(=O)CCCCCCCC=CC=CC(O)CCCCC. The average Bonchev–Trinajstić information content (AvgIpc) is 3.30. The van der Waals surface area contributed by atoms with Gasteiger partial charge in [-0.3, -0.25) is 14.4 Å². The molecule has 9 heteroatoms. The fourth-order valence-electron chi connectivity index (χ4n) is 7.26. The molecule has 0 bridgehead atoms. The monoisotopic (exact) mass is 927 g/mol. The second-order valence-electron chi connectivity index (χ2n) is 18.0. The molecule has 0 aromatic rings. The van der Waals surface area contributed by atoms with Gasteiger partial charge in [0.05, 0.1) is 18.3 Å². The summed E-state index contributed by atoms with van der Waals surface area (Å²) >= 11 is 0. The molecule has 0 spiro atoms. The molecule has 0 saturated carbocycles. The maximum atomic E-state index is 12.8. The van der Waals surface area contributed by atoms with Crippen LogP contribution in [-0.2, 0) is 28.6 Å². The van der Waals surface area contributed by atoms with E-state index in [1.165, 1.54) is 0 Å². The van der Waals surface area contributed by atoms with Crippen LogP contribution in [0.3, 0.4) is 0 Å². The third-order valence-corrected chi connectivity index (χ3v) is 11.5. The lowest BCUT2D eigenvalue weighted by Gasteiger charge is -2.18. The molecule has 3 N–H and O–H groups in total. The van der Waals surface area contributed by atoms with Gasteiger partial charge in [-0.1, -0.05) is 209 Å². The second-order valence-corrected chi connectivity index (χ2v) is 18.0. The molecule has 0 heterocycles. The number of hydrogen-bond donors (Lipinski definition) is 3. The first-order valence-electron chi connectivity index (χ1n) is 26.8. The van der Waals surface area contributed by atoms with E-state index in [0.717, 1.165) is 186 Å². The Labute approximate surface area is 403 Å². The Morgan fingerprint density at radius 3 is 1.02 bits per heavy atom. The van der Waals surface area contributed by atoms with Crippen molar-refractivity contribution < 1.29 is 43.9 Å². The van der Waals surface area contributed by atoms with E-state index in [0.29, 0.717) is 6.42 Å². The lowest BCUT2D eigenvalue weighted by Crippen LogP contribution is -2.30. The number of aliphatic hydroxyl groups excluding tert-OH is 3. The summed E-state index contributed by atoms with van der Waals surface area (Å²) in [6.07, 6.45) is 52.5. The summed E-state index contributed by atoms with van der Waals surface area (Å²) in [5, 5.41) is 29.9. The second kappa shape index (κ2) is 49.6. The number of allylic oxidation sites excluding steroid dienone is 9. The van der Waals surface area contributed by atoms with Crippen molar-refractivity contribution in [1.82, 2.24) is 0 Å². The summed E-state index contributed by atoms with van der Waals surface area (Å²) < 4.78 is 16.7. The quantitative estimate of drug-likeness (QED) is 0.0235. The van der Waals surface area contributed by atoms with E-state index in [-0.39, 0.29) is 68.7 Å². The van der Waals surface area contributed by atoms with Gasteiger partial charge in [-0.25, -0.2) is 0 Å². The summed E-state index contributed by atoms with van der Waals surface area (Å²) in [6.45, 7) is 6.20. The minimum atomic E-state index is -0.844. The summed E-state index contributed by atoms with van der Waals surface area (Å²) in [6, 6.07) is 0. The Morgan fingerprint density at radius 1 is 0.379 bits per heavy atom. The molecule has 380 valence electrons. The normalized spacial score (nSPS) is 14.1. The summed E-state index contributed by atoms with van der Waals surface area (Å²) in [5.41, 5.74) is 0. The zero-order valence-corrected chi connectivity index (χ0v) is 42.3. The molecular weight excluding hydrogens is 829 g/mol. The lowest BCUT2D eigenvalue weighted by molar-refractivity contribution is -0.167. The molecule has 9 nitrogen and oxygen atoms in total. The van der Waals surface area contributed by atoms with Crippen LogP contribution in [-0.4, -0.2) is 70.9 Å². The molecule has 0 fully saturated rings. The van der Waals surface area contributed by atoms with Gasteiger partial charge >= 0.3 is 17.9 Å². The predicted octanol–water partition coefficient (Wildman–Crippen LogP) is 14.3. The van der Waals surface area contributed by atoms with Crippen molar-refractivity contribution in [2.24, 2.45) is 0 Å². The molecule has 0 aliphatic rings. The van der Waals surface area contributed by atoms with Gasteiger partial charge in [0.25, 0.3) is 0 Å². The van der Waals surface area contributed by atoms with E-state index < -0.39 is 6.10 Å². The van der Waals surface area contributed by atoms with Gasteiger partial charge in [0.1, 0.15) is 13.2 Å². The zero-order valence-electron chi connectivity index (χ0n) is 42.3. The van der Waals surface area contributed by atoms with Crippen molar-refractivity contribution in [3.05, 3.63) is 72.9 Å². The van der Waals surface area contributed by atoms with Crippen molar-refractivity contribution >= 4 is 17.9 Å². The maximum Gasteiger partial charge on any atom is 0.306 e. The Balaban J connectivity index is 4.57. The zero-order chi connectivity index (χ0) is 48.4. The van der Waals surface area contributed by atoms with E-state index in [9.17, 15) is 29.7 Å². The van der Waals surface area contributed by atoms with Gasteiger partial charge in [0.2, 0.25) is 0 Å². The molecular formula is C57H98O9. The third-order valence-electron chi connectivity index (χ3n) is 11.5. The molecule has 0 amide bonds. The molecule has 66 heavy (non-hydrogen) atoms. The number of carbonyl (C=O) groups is 3. The van der Waals surface area contributed by atoms with Gasteiger partial charge in [-0.2, -0.15) is 0 Å². The van der Waals surface area contributed by atoms with Crippen molar-refractivity contribution in [2.75, 3.05) is 13.2 Å². The van der Waals surface area contributed by atoms with Crippen LogP contribution in [0.1, 0.15) is 233 Å². The number of hydrogen-bond acceptors (Lipinski definition) is 9. The van der Waals surface area contributed by atoms with E-state index in [2.05, 4.69) is 39.0 Å². The fraction of sp³-hybridized carbons (Fsp3) is 0.737. The molecule has 3 unspecified atom stereocenters. The summed E-state index contributed by atoms with van der Waals surface area (Å²) in [4.78, 5) is 38.0. The average molecular weight is 927 g/mol. The van der Waals surface area contributed by atoms with Crippen LogP contribution in [0.25, 0.3) is 0 Å². The highest BCUT2D eigenvalue weighted by Gasteiger charge is 2.19. The highest BCUT2D eigenvalue weighted by Crippen LogP contribution is 2.14. The first-order chi connectivity index (χ1) is 32.2. The van der Waals surface area contributed by atoms with Crippen molar-refractivity contribution in [1.29, 1.82) is 0 Å². The first kappa shape index (κ1) is 62.7. The molecule has 0 radical (unpaired) electrons. The molecule has 0 saturated heterocycles.